The molecule has 1 rings (SSSR count). The maximum absolute atomic E-state index is 11.4. The number of ketones is 1. The van der Waals surface area contributed by atoms with Crippen LogP contribution in [0.4, 0.5) is 0 Å². The summed E-state index contributed by atoms with van der Waals surface area (Å²) in [5.74, 6) is 0.243. The quantitative estimate of drug-likeness (QED) is 0.632. The fraction of sp³-hybridized carbons (Fsp3) is 0.533. The molecular formula is C15H22O. The second-order valence-corrected chi connectivity index (χ2v) is 5.14. The number of allylic oxidation sites excluding steroid dienone is 4. The van der Waals surface area contributed by atoms with Crippen LogP contribution in [0.5, 0.6) is 0 Å². The molecule has 0 unspecified atom stereocenters. The summed E-state index contributed by atoms with van der Waals surface area (Å²) in [4.78, 5) is 11.4. The zero-order valence-electron chi connectivity index (χ0n) is 10.5. The highest BCUT2D eigenvalue weighted by molar-refractivity contribution is 5.92. The average molecular weight is 218 g/mol. The topological polar surface area (TPSA) is 17.1 Å². The van der Waals surface area contributed by atoms with E-state index in [9.17, 15) is 4.79 Å². The lowest BCUT2D eigenvalue weighted by atomic mass is 9.70. The van der Waals surface area contributed by atoms with E-state index in [0.29, 0.717) is 6.42 Å². The average Bonchev–Trinajstić information content (AvgIpc) is 2.21. The number of hydrogen-bond acceptors (Lipinski definition) is 1. The van der Waals surface area contributed by atoms with E-state index in [0.717, 1.165) is 31.3 Å². The summed E-state index contributed by atoms with van der Waals surface area (Å²) in [7, 11) is 0. The first-order valence-corrected chi connectivity index (χ1v) is 6.00. The van der Waals surface area contributed by atoms with Gasteiger partial charge in [0, 0.05) is 6.42 Å². The lowest BCUT2D eigenvalue weighted by molar-refractivity contribution is -0.115. The van der Waals surface area contributed by atoms with Gasteiger partial charge in [-0.25, -0.2) is 0 Å². The van der Waals surface area contributed by atoms with E-state index >= 15 is 0 Å². The van der Waals surface area contributed by atoms with E-state index in [1.54, 1.807) is 6.08 Å². The van der Waals surface area contributed by atoms with Crippen molar-refractivity contribution in [1.82, 2.24) is 0 Å². The van der Waals surface area contributed by atoms with Gasteiger partial charge in [-0.1, -0.05) is 25.2 Å². The predicted octanol–water partition coefficient (Wildman–Crippen LogP) is 4.21. The second kappa shape index (κ2) is 5.29. The molecule has 0 saturated carbocycles. The van der Waals surface area contributed by atoms with Gasteiger partial charge in [0.1, 0.15) is 0 Å². The van der Waals surface area contributed by atoms with Gasteiger partial charge in [-0.3, -0.25) is 4.79 Å². The van der Waals surface area contributed by atoms with Crippen molar-refractivity contribution in [2.75, 3.05) is 0 Å². The van der Waals surface area contributed by atoms with E-state index in [4.69, 9.17) is 0 Å². The highest BCUT2D eigenvalue weighted by atomic mass is 16.1. The van der Waals surface area contributed by atoms with Gasteiger partial charge >= 0.3 is 0 Å². The Morgan fingerprint density at radius 2 is 2.31 bits per heavy atom. The Morgan fingerprint density at radius 1 is 1.62 bits per heavy atom. The van der Waals surface area contributed by atoms with Gasteiger partial charge in [0.05, 0.1) is 0 Å². The first-order chi connectivity index (χ1) is 7.48. The van der Waals surface area contributed by atoms with E-state index in [-0.39, 0.29) is 11.2 Å². The summed E-state index contributed by atoms with van der Waals surface area (Å²) >= 11 is 0. The molecule has 0 aromatic rings. The maximum atomic E-state index is 11.4. The molecule has 0 fully saturated rings. The molecule has 16 heavy (non-hydrogen) atoms. The highest BCUT2D eigenvalue weighted by Gasteiger charge is 2.31. The van der Waals surface area contributed by atoms with Gasteiger partial charge in [0.15, 0.2) is 5.78 Å². The molecule has 0 bridgehead atoms. The lowest BCUT2D eigenvalue weighted by Crippen LogP contribution is -2.24. The molecular weight excluding hydrogens is 196 g/mol. The fourth-order valence-electron chi connectivity index (χ4n) is 2.32. The van der Waals surface area contributed by atoms with Crippen LogP contribution in [0, 0.1) is 5.41 Å². The SMILES string of the molecule is C=CC1=CC(=O)CC[C@@]1(C)CCCC(=C)C. The van der Waals surface area contributed by atoms with Crippen molar-refractivity contribution in [1.29, 1.82) is 0 Å². The van der Waals surface area contributed by atoms with Crippen molar-refractivity contribution in [3.8, 4) is 0 Å². The summed E-state index contributed by atoms with van der Waals surface area (Å²) in [5, 5.41) is 0. The molecule has 0 radical (unpaired) electrons. The molecule has 0 aromatic heterocycles. The van der Waals surface area contributed by atoms with Crippen molar-refractivity contribution in [3.63, 3.8) is 0 Å². The van der Waals surface area contributed by atoms with Gasteiger partial charge in [0.25, 0.3) is 0 Å². The standard InChI is InChI=1S/C15H22O/c1-5-13-11-14(16)8-10-15(13,4)9-6-7-12(2)3/h5,11H,1-2,6-10H2,3-4H3/t15-/m1/s1. The van der Waals surface area contributed by atoms with Crippen LogP contribution in [0.3, 0.4) is 0 Å². The van der Waals surface area contributed by atoms with Crippen LogP contribution >= 0.6 is 0 Å². The molecule has 1 aliphatic rings. The van der Waals surface area contributed by atoms with Gasteiger partial charge in [-0.05, 0) is 49.7 Å². The van der Waals surface area contributed by atoms with Crippen LogP contribution in [0.25, 0.3) is 0 Å². The Hall–Kier alpha value is -1.11. The molecule has 0 heterocycles. The number of rotatable bonds is 5. The summed E-state index contributed by atoms with van der Waals surface area (Å²) in [5.41, 5.74) is 2.50. The molecule has 0 saturated heterocycles. The first kappa shape index (κ1) is 13.0. The number of carbonyl (C=O) groups is 1. The van der Waals surface area contributed by atoms with Crippen LogP contribution < -0.4 is 0 Å². The van der Waals surface area contributed by atoms with Crippen molar-refractivity contribution >= 4 is 5.78 Å². The third-order valence-corrected chi connectivity index (χ3v) is 3.49. The molecule has 0 aliphatic heterocycles. The zero-order chi connectivity index (χ0) is 12.2. The Balaban J connectivity index is 2.67. The second-order valence-electron chi connectivity index (χ2n) is 5.14. The first-order valence-electron chi connectivity index (χ1n) is 6.00. The largest absolute Gasteiger partial charge is 0.295 e. The van der Waals surface area contributed by atoms with Crippen LogP contribution in [-0.2, 0) is 4.79 Å². The molecule has 1 atom stereocenters. The Bertz CT molecular complexity index is 335. The van der Waals surface area contributed by atoms with Gasteiger partial charge < -0.3 is 0 Å². The zero-order valence-corrected chi connectivity index (χ0v) is 10.5. The molecule has 0 aromatic carbocycles. The van der Waals surface area contributed by atoms with Crippen molar-refractivity contribution in [2.45, 2.75) is 46.0 Å². The summed E-state index contributed by atoms with van der Waals surface area (Å²) in [6, 6.07) is 0. The minimum Gasteiger partial charge on any atom is -0.295 e. The number of carbonyl (C=O) groups excluding carboxylic acids is 1. The normalized spacial score (nSPS) is 25.1. The van der Waals surface area contributed by atoms with Crippen LogP contribution in [0.15, 0.2) is 36.5 Å². The molecule has 1 aliphatic carbocycles. The van der Waals surface area contributed by atoms with Gasteiger partial charge in [0.2, 0.25) is 0 Å². The summed E-state index contributed by atoms with van der Waals surface area (Å²) < 4.78 is 0. The van der Waals surface area contributed by atoms with Crippen molar-refractivity contribution < 1.29 is 4.79 Å². The maximum Gasteiger partial charge on any atom is 0.156 e. The fourth-order valence-corrected chi connectivity index (χ4v) is 2.32. The van der Waals surface area contributed by atoms with Gasteiger partial charge in [-0.2, -0.15) is 0 Å². The third kappa shape index (κ3) is 3.19. The van der Waals surface area contributed by atoms with E-state index in [2.05, 4.69) is 27.0 Å². The molecule has 1 nitrogen and oxygen atoms in total. The highest BCUT2D eigenvalue weighted by Crippen LogP contribution is 2.41. The Morgan fingerprint density at radius 3 is 2.88 bits per heavy atom. The van der Waals surface area contributed by atoms with Crippen LogP contribution in [0.1, 0.15) is 46.0 Å². The van der Waals surface area contributed by atoms with Crippen molar-refractivity contribution in [3.05, 3.63) is 36.5 Å². The smallest absolute Gasteiger partial charge is 0.156 e. The van der Waals surface area contributed by atoms with Crippen molar-refractivity contribution in [2.24, 2.45) is 5.41 Å². The predicted molar refractivity (Wildman–Crippen MR) is 69.3 cm³/mol. The van der Waals surface area contributed by atoms with Crippen LogP contribution in [0.2, 0.25) is 0 Å². The molecule has 0 N–H and O–H groups in total. The van der Waals surface area contributed by atoms with Crippen LogP contribution in [-0.4, -0.2) is 5.78 Å². The lowest BCUT2D eigenvalue weighted by Gasteiger charge is -2.33. The third-order valence-electron chi connectivity index (χ3n) is 3.49. The summed E-state index contributed by atoms with van der Waals surface area (Å²) in [6.45, 7) is 12.1. The molecule has 0 amide bonds. The number of hydrogen-bond donors (Lipinski definition) is 0. The Kier molecular flexibility index (Phi) is 4.28. The van der Waals surface area contributed by atoms with E-state index < -0.39 is 0 Å². The van der Waals surface area contributed by atoms with E-state index in [1.807, 2.05) is 6.08 Å². The molecule has 1 heteroatoms. The minimum absolute atomic E-state index is 0.144. The molecule has 0 spiro atoms. The summed E-state index contributed by atoms with van der Waals surface area (Å²) in [6.07, 6.45) is 8.60. The molecule has 88 valence electrons. The van der Waals surface area contributed by atoms with Gasteiger partial charge in [-0.15, -0.1) is 6.58 Å². The Labute approximate surface area is 98.9 Å². The minimum atomic E-state index is 0.144. The van der Waals surface area contributed by atoms with E-state index in [1.165, 1.54) is 5.57 Å². The monoisotopic (exact) mass is 218 g/mol.